The number of nitrogens with zero attached hydrogens (tertiary/aromatic N) is 3. The Morgan fingerprint density at radius 3 is 2.81 bits per heavy atom. The van der Waals surface area contributed by atoms with Crippen LogP contribution in [0.15, 0.2) is 0 Å². The maximum absolute atomic E-state index is 10.9. The van der Waals surface area contributed by atoms with Crippen LogP contribution in [0.2, 0.25) is 0 Å². The molecule has 0 aliphatic heterocycles. The summed E-state index contributed by atoms with van der Waals surface area (Å²) in [6, 6.07) is 0. The van der Waals surface area contributed by atoms with Crippen LogP contribution in [0.3, 0.4) is 0 Å². The van der Waals surface area contributed by atoms with Crippen LogP contribution in [-0.2, 0) is 11.3 Å². The van der Waals surface area contributed by atoms with Gasteiger partial charge in [0, 0.05) is 12.5 Å². The Hall–Kier alpha value is -1.39. The Balaban J connectivity index is 2.17. The number of hydrogen-bond acceptors (Lipinski definition) is 3. The first kappa shape index (κ1) is 11.1. The molecule has 5 nitrogen and oxygen atoms in total. The van der Waals surface area contributed by atoms with Gasteiger partial charge in [0.1, 0.15) is 11.6 Å². The Morgan fingerprint density at radius 1 is 1.50 bits per heavy atom. The van der Waals surface area contributed by atoms with E-state index < -0.39 is 5.97 Å². The molecular formula is C11H17N3O2. The monoisotopic (exact) mass is 223 g/mol. The van der Waals surface area contributed by atoms with E-state index in [-0.39, 0.29) is 11.8 Å². The fraction of sp³-hybridized carbons (Fsp3) is 0.727. The van der Waals surface area contributed by atoms with Crippen LogP contribution in [0.4, 0.5) is 0 Å². The van der Waals surface area contributed by atoms with Gasteiger partial charge in [-0.15, -0.1) is 10.2 Å². The van der Waals surface area contributed by atoms with E-state index in [9.17, 15) is 4.79 Å². The molecule has 2 rings (SSSR count). The van der Waals surface area contributed by atoms with Gasteiger partial charge in [0.2, 0.25) is 0 Å². The SMILES string of the molecule is CCn1c(C)nnc1C1CCC(C(=O)O)C1. The van der Waals surface area contributed by atoms with Crippen LogP contribution in [0.5, 0.6) is 0 Å². The molecule has 2 unspecified atom stereocenters. The molecule has 5 heteroatoms. The van der Waals surface area contributed by atoms with Crippen molar-refractivity contribution in [2.75, 3.05) is 0 Å². The fourth-order valence-corrected chi connectivity index (χ4v) is 2.53. The van der Waals surface area contributed by atoms with Gasteiger partial charge >= 0.3 is 5.97 Å². The molecule has 0 aromatic carbocycles. The number of aliphatic carboxylic acids is 1. The summed E-state index contributed by atoms with van der Waals surface area (Å²) in [5.74, 6) is 1.26. The molecule has 1 aromatic rings. The largest absolute Gasteiger partial charge is 0.481 e. The van der Waals surface area contributed by atoms with Crippen molar-refractivity contribution in [1.29, 1.82) is 0 Å². The summed E-state index contributed by atoms with van der Waals surface area (Å²) in [6.07, 6.45) is 2.37. The molecule has 0 saturated heterocycles. The predicted molar refractivity (Wildman–Crippen MR) is 58.2 cm³/mol. The number of aromatic nitrogens is 3. The van der Waals surface area contributed by atoms with E-state index in [2.05, 4.69) is 21.7 Å². The molecule has 1 fully saturated rings. The molecule has 16 heavy (non-hydrogen) atoms. The van der Waals surface area contributed by atoms with Crippen molar-refractivity contribution >= 4 is 5.97 Å². The van der Waals surface area contributed by atoms with Crippen molar-refractivity contribution < 1.29 is 9.90 Å². The van der Waals surface area contributed by atoms with E-state index in [1.807, 2.05) is 6.92 Å². The maximum Gasteiger partial charge on any atom is 0.306 e. The third kappa shape index (κ3) is 1.81. The van der Waals surface area contributed by atoms with E-state index in [0.29, 0.717) is 6.42 Å². The zero-order valence-electron chi connectivity index (χ0n) is 9.68. The molecule has 1 saturated carbocycles. The standard InChI is InChI=1S/C11H17N3O2/c1-3-14-7(2)12-13-10(14)8-4-5-9(6-8)11(15)16/h8-9H,3-6H2,1-2H3,(H,15,16). The van der Waals surface area contributed by atoms with Gasteiger partial charge in [-0.1, -0.05) is 0 Å². The lowest BCUT2D eigenvalue weighted by molar-refractivity contribution is -0.141. The van der Waals surface area contributed by atoms with Gasteiger partial charge in [0.15, 0.2) is 0 Å². The fourth-order valence-electron chi connectivity index (χ4n) is 2.53. The normalized spacial score (nSPS) is 24.9. The zero-order valence-corrected chi connectivity index (χ0v) is 9.68. The summed E-state index contributed by atoms with van der Waals surface area (Å²) in [5, 5.41) is 17.2. The highest BCUT2D eigenvalue weighted by molar-refractivity contribution is 5.70. The smallest absolute Gasteiger partial charge is 0.306 e. The Kier molecular flexibility index (Phi) is 2.94. The van der Waals surface area contributed by atoms with Crippen LogP contribution in [0.1, 0.15) is 43.8 Å². The lowest BCUT2D eigenvalue weighted by atomic mass is 10.0. The summed E-state index contributed by atoms with van der Waals surface area (Å²) in [6.45, 7) is 4.84. The number of carboxylic acids is 1. The van der Waals surface area contributed by atoms with Crippen molar-refractivity contribution in [2.24, 2.45) is 5.92 Å². The van der Waals surface area contributed by atoms with E-state index in [0.717, 1.165) is 31.0 Å². The molecule has 0 radical (unpaired) electrons. The lowest BCUT2D eigenvalue weighted by Gasteiger charge is -2.10. The second-order valence-electron chi connectivity index (χ2n) is 4.39. The predicted octanol–water partition coefficient (Wildman–Crippen LogP) is 1.57. The number of rotatable bonds is 3. The van der Waals surface area contributed by atoms with E-state index in [1.165, 1.54) is 0 Å². The third-order valence-corrected chi connectivity index (χ3v) is 3.43. The second kappa shape index (κ2) is 4.23. The van der Waals surface area contributed by atoms with Crippen LogP contribution >= 0.6 is 0 Å². The molecular weight excluding hydrogens is 206 g/mol. The number of carboxylic acid groups (broad SMARTS) is 1. The van der Waals surface area contributed by atoms with Crippen molar-refractivity contribution in [1.82, 2.24) is 14.8 Å². The quantitative estimate of drug-likeness (QED) is 0.844. The van der Waals surface area contributed by atoms with Crippen LogP contribution in [-0.4, -0.2) is 25.8 Å². The minimum absolute atomic E-state index is 0.202. The lowest BCUT2D eigenvalue weighted by Crippen LogP contribution is -2.11. The van der Waals surface area contributed by atoms with Gasteiger partial charge in [0.25, 0.3) is 0 Å². The number of hydrogen-bond donors (Lipinski definition) is 1. The average Bonchev–Trinajstić information content (AvgIpc) is 2.83. The van der Waals surface area contributed by atoms with Crippen LogP contribution in [0.25, 0.3) is 0 Å². The van der Waals surface area contributed by atoms with Crippen LogP contribution < -0.4 is 0 Å². The third-order valence-electron chi connectivity index (χ3n) is 3.43. The highest BCUT2D eigenvalue weighted by Gasteiger charge is 2.33. The number of carbonyl (C=O) groups is 1. The molecule has 0 bridgehead atoms. The maximum atomic E-state index is 10.9. The Labute approximate surface area is 94.5 Å². The summed E-state index contributed by atoms with van der Waals surface area (Å²) in [7, 11) is 0. The van der Waals surface area contributed by atoms with Gasteiger partial charge in [-0.2, -0.15) is 0 Å². The zero-order chi connectivity index (χ0) is 11.7. The van der Waals surface area contributed by atoms with E-state index in [1.54, 1.807) is 0 Å². The minimum Gasteiger partial charge on any atom is -0.481 e. The van der Waals surface area contributed by atoms with E-state index >= 15 is 0 Å². The summed E-state index contributed by atoms with van der Waals surface area (Å²) in [5.41, 5.74) is 0. The molecule has 1 aromatic heterocycles. The van der Waals surface area contributed by atoms with Crippen molar-refractivity contribution in [2.45, 2.75) is 45.6 Å². The Morgan fingerprint density at radius 2 is 2.25 bits per heavy atom. The molecule has 1 aliphatic carbocycles. The average molecular weight is 223 g/mol. The van der Waals surface area contributed by atoms with Gasteiger partial charge < -0.3 is 9.67 Å². The topological polar surface area (TPSA) is 68.0 Å². The highest BCUT2D eigenvalue weighted by atomic mass is 16.4. The molecule has 1 aliphatic rings. The van der Waals surface area contributed by atoms with Crippen molar-refractivity contribution in [3.05, 3.63) is 11.6 Å². The second-order valence-corrected chi connectivity index (χ2v) is 4.39. The van der Waals surface area contributed by atoms with Crippen LogP contribution in [0, 0.1) is 12.8 Å². The summed E-state index contributed by atoms with van der Waals surface area (Å²) in [4.78, 5) is 10.9. The molecule has 1 heterocycles. The molecule has 1 N–H and O–H groups in total. The van der Waals surface area contributed by atoms with Gasteiger partial charge in [-0.05, 0) is 33.1 Å². The van der Waals surface area contributed by atoms with Gasteiger partial charge in [-0.3, -0.25) is 4.79 Å². The van der Waals surface area contributed by atoms with E-state index in [4.69, 9.17) is 5.11 Å². The highest BCUT2D eigenvalue weighted by Crippen LogP contribution is 2.37. The van der Waals surface area contributed by atoms with Crippen molar-refractivity contribution in [3.8, 4) is 0 Å². The first-order valence-electron chi connectivity index (χ1n) is 5.76. The van der Waals surface area contributed by atoms with Gasteiger partial charge in [-0.25, -0.2) is 0 Å². The number of aryl methyl sites for hydroxylation is 1. The summed E-state index contributed by atoms with van der Waals surface area (Å²) < 4.78 is 2.08. The van der Waals surface area contributed by atoms with Gasteiger partial charge in [0.05, 0.1) is 5.92 Å². The molecule has 0 amide bonds. The van der Waals surface area contributed by atoms with Crippen molar-refractivity contribution in [3.63, 3.8) is 0 Å². The summed E-state index contributed by atoms with van der Waals surface area (Å²) >= 11 is 0. The Bertz CT molecular complexity index is 400. The molecule has 0 spiro atoms. The first-order chi connectivity index (χ1) is 7.63. The molecule has 2 atom stereocenters. The minimum atomic E-state index is -0.679. The molecule has 88 valence electrons. The first-order valence-corrected chi connectivity index (χ1v) is 5.76.